The van der Waals surface area contributed by atoms with Crippen LogP contribution in [0.1, 0.15) is 0 Å². The van der Waals surface area contributed by atoms with Crippen molar-refractivity contribution in [3.63, 3.8) is 0 Å². The molecule has 102 valence electrons. The molecule has 0 radical (unpaired) electrons. The number of fused-ring (bicyclic) bond motifs is 1. The van der Waals surface area contributed by atoms with Crippen LogP contribution in [0.3, 0.4) is 0 Å². The normalized spacial score (nSPS) is 10.8. The number of ether oxygens (including phenoxy) is 1. The van der Waals surface area contributed by atoms with E-state index in [1.54, 1.807) is 18.6 Å². The first kappa shape index (κ1) is 13.9. The minimum Gasteiger partial charge on any atom is -0.383 e. The van der Waals surface area contributed by atoms with Gasteiger partial charge in [0.15, 0.2) is 4.77 Å². The maximum Gasteiger partial charge on any atom is 0.272 e. The third-order valence-corrected chi connectivity index (χ3v) is 3.75. The quantitative estimate of drug-likeness (QED) is 0.635. The number of aromatic nitrogens is 2. The molecule has 0 fully saturated rings. The number of nitrogens with zero attached hydrogens (tertiary/aromatic N) is 1. The molecular formula is C11H13N3O3S2. The van der Waals surface area contributed by atoms with Gasteiger partial charge in [0.05, 0.1) is 12.1 Å². The average molecular weight is 299 g/mol. The van der Waals surface area contributed by atoms with Gasteiger partial charge >= 0.3 is 0 Å². The lowest BCUT2D eigenvalue weighted by Gasteiger charge is -2.07. The van der Waals surface area contributed by atoms with E-state index in [2.05, 4.69) is 10.3 Å². The van der Waals surface area contributed by atoms with Crippen LogP contribution < -0.4 is 10.9 Å². The van der Waals surface area contributed by atoms with E-state index in [9.17, 15) is 9.59 Å². The van der Waals surface area contributed by atoms with E-state index in [1.807, 2.05) is 0 Å². The second-order valence-corrected chi connectivity index (χ2v) is 5.13. The lowest BCUT2D eigenvalue weighted by atomic mass is 10.4. The number of methoxy groups -OCH3 is 1. The van der Waals surface area contributed by atoms with Gasteiger partial charge in [0.2, 0.25) is 5.91 Å². The molecule has 0 spiro atoms. The second kappa shape index (κ2) is 6.09. The number of H-pyrrole nitrogens is 1. The second-order valence-electron chi connectivity index (χ2n) is 3.83. The molecule has 8 heteroatoms. The summed E-state index contributed by atoms with van der Waals surface area (Å²) in [7, 11) is 1.55. The molecule has 19 heavy (non-hydrogen) atoms. The van der Waals surface area contributed by atoms with Crippen LogP contribution >= 0.6 is 23.6 Å². The van der Waals surface area contributed by atoms with Crippen LogP contribution in [0.4, 0.5) is 0 Å². The molecule has 0 aliphatic rings. The zero-order valence-electron chi connectivity index (χ0n) is 10.3. The van der Waals surface area contributed by atoms with Gasteiger partial charge in [-0.1, -0.05) is 0 Å². The monoisotopic (exact) mass is 299 g/mol. The standard InChI is InChI=1S/C11H13N3O3S2/c1-17-4-3-12-8(15)6-14-10(16)9-7(2-5-19-9)13-11(14)18/h2,5H,3-4,6H2,1H3,(H,12,15)(H,13,18). The van der Waals surface area contributed by atoms with E-state index in [4.69, 9.17) is 17.0 Å². The molecule has 2 aromatic rings. The van der Waals surface area contributed by atoms with Gasteiger partial charge in [0.25, 0.3) is 5.56 Å². The number of hydrogen-bond donors (Lipinski definition) is 2. The zero-order chi connectivity index (χ0) is 13.8. The minimum atomic E-state index is -0.269. The first-order chi connectivity index (χ1) is 9.13. The molecule has 2 heterocycles. The van der Waals surface area contributed by atoms with E-state index in [1.165, 1.54) is 15.9 Å². The van der Waals surface area contributed by atoms with Crippen LogP contribution in [0, 0.1) is 4.77 Å². The van der Waals surface area contributed by atoms with Crippen molar-refractivity contribution in [1.29, 1.82) is 0 Å². The Labute approximate surface area is 118 Å². The number of hydrogen-bond acceptors (Lipinski definition) is 5. The largest absolute Gasteiger partial charge is 0.383 e. The Morgan fingerprint density at radius 2 is 2.42 bits per heavy atom. The molecule has 2 aromatic heterocycles. The molecule has 2 N–H and O–H groups in total. The van der Waals surface area contributed by atoms with Crippen molar-refractivity contribution in [2.75, 3.05) is 20.3 Å². The van der Waals surface area contributed by atoms with Crippen LogP contribution in [0.15, 0.2) is 16.2 Å². The van der Waals surface area contributed by atoms with Crippen LogP contribution in [0.2, 0.25) is 0 Å². The van der Waals surface area contributed by atoms with E-state index < -0.39 is 0 Å². The van der Waals surface area contributed by atoms with E-state index in [0.717, 1.165) is 0 Å². The number of amides is 1. The topological polar surface area (TPSA) is 76.1 Å². The summed E-state index contributed by atoms with van der Waals surface area (Å²) < 4.78 is 6.90. The lowest BCUT2D eigenvalue weighted by Crippen LogP contribution is -2.34. The minimum absolute atomic E-state index is 0.0915. The van der Waals surface area contributed by atoms with Crippen LogP contribution in [-0.4, -0.2) is 35.7 Å². The molecule has 0 unspecified atom stereocenters. The smallest absolute Gasteiger partial charge is 0.272 e. The van der Waals surface area contributed by atoms with E-state index >= 15 is 0 Å². The molecule has 0 aliphatic heterocycles. The Balaban J connectivity index is 2.23. The molecule has 0 aliphatic carbocycles. The van der Waals surface area contributed by atoms with Gasteiger partial charge in [0.1, 0.15) is 11.2 Å². The fraction of sp³-hybridized carbons (Fsp3) is 0.364. The summed E-state index contributed by atoms with van der Waals surface area (Å²) >= 11 is 6.42. The van der Waals surface area contributed by atoms with Gasteiger partial charge in [-0.3, -0.25) is 14.2 Å². The highest BCUT2D eigenvalue weighted by Crippen LogP contribution is 2.13. The van der Waals surface area contributed by atoms with Crippen molar-refractivity contribution < 1.29 is 9.53 Å². The Morgan fingerprint density at radius 1 is 1.63 bits per heavy atom. The highest BCUT2D eigenvalue weighted by Gasteiger charge is 2.10. The van der Waals surface area contributed by atoms with Gasteiger partial charge in [-0.05, 0) is 23.7 Å². The molecule has 2 rings (SSSR count). The number of nitrogens with one attached hydrogen (secondary N) is 2. The summed E-state index contributed by atoms with van der Waals surface area (Å²) in [6.07, 6.45) is 0. The maximum atomic E-state index is 12.2. The number of thiophene rings is 1. The third kappa shape index (κ3) is 3.09. The van der Waals surface area contributed by atoms with Crippen LogP contribution in [0.5, 0.6) is 0 Å². The molecular weight excluding hydrogens is 286 g/mol. The lowest BCUT2D eigenvalue weighted by molar-refractivity contribution is -0.121. The maximum absolute atomic E-state index is 12.2. The molecule has 0 atom stereocenters. The summed E-state index contributed by atoms with van der Waals surface area (Å²) in [6.45, 7) is 0.741. The van der Waals surface area contributed by atoms with Crippen LogP contribution in [-0.2, 0) is 16.1 Å². The molecule has 0 saturated heterocycles. The highest BCUT2D eigenvalue weighted by molar-refractivity contribution is 7.71. The van der Waals surface area contributed by atoms with Gasteiger partial charge in [0, 0.05) is 13.7 Å². The van der Waals surface area contributed by atoms with E-state index in [0.29, 0.717) is 23.4 Å². The van der Waals surface area contributed by atoms with Gasteiger partial charge in [-0.15, -0.1) is 11.3 Å². The first-order valence-corrected chi connectivity index (χ1v) is 6.88. The summed E-state index contributed by atoms with van der Waals surface area (Å²) in [5.41, 5.74) is 0.465. The molecule has 1 amide bonds. The van der Waals surface area contributed by atoms with Gasteiger partial charge in [-0.2, -0.15) is 0 Å². The Kier molecular flexibility index (Phi) is 4.46. The summed E-state index contributed by atoms with van der Waals surface area (Å²) in [5.74, 6) is -0.269. The number of carbonyl (C=O) groups is 1. The Morgan fingerprint density at radius 3 is 3.16 bits per heavy atom. The Hall–Kier alpha value is -1.51. The third-order valence-electron chi connectivity index (χ3n) is 2.52. The summed E-state index contributed by atoms with van der Waals surface area (Å²) in [6, 6.07) is 1.79. The SMILES string of the molecule is COCCNC(=O)Cn1c(=S)[nH]c2ccsc2c1=O. The number of carbonyl (C=O) groups excluding carboxylic acids is 1. The van der Waals surface area contributed by atoms with Crippen molar-refractivity contribution in [1.82, 2.24) is 14.9 Å². The van der Waals surface area contributed by atoms with Crippen LogP contribution in [0.25, 0.3) is 10.2 Å². The zero-order valence-corrected chi connectivity index (χ0v) is 11.9. The average Bonchev–Trinajstić information content (AvgIpc) is 2.83. The number of aromatic amines is 1. The van der Waals surface area contributed by atoms with Crippen molar-refractivity contribution in [2.24, 2.45) is 0 Å². The predicted octanol–water partition coefficient (Wildman–Crippen LogP) is 0.883. The first-order valence-electron chi connectivity index (χ1n) is 5.59. The van der Waals surface area contributed by atoms with Gasteiger partial charge < -0.3 is 15.0 Å². The molecule has 0 aromatic carbocycles. The van der Waals surface area contributed by atoms with Gasteiger partial charge in [-0.25, -0.2) is 0 Å². The van der Waals surface area contributed by atoms with Crippen molar-refractivity contribution in [3.8, 4) is 0 Å². The molecule has 0 saturated carbocycles. The van der Waals surface area contributed by atoms with Crippen molar-refractivity contribution in [2.45, 2.75) is 6.54 Å². The fourth-order valence-electron chi connectivity index (χ4n) is 1.61. The summed E-state index contributed by atoms with van der Waals surface area (Å²) in [5, 5.41) is 4.45. The van der Waals surface area contributed by atoms with E-state index in [-0.39, 0.29) is 22.8 Å². The number of rotatable bonds is 5. The van der Waals surface area contributed by atoms with Crippen molar-refractivity contribution in [3.05, 3.63) is 26.6 Å². The molecule has 0 bridgehead atoms. The highest BCUT2D eigenvalue weighted by atomic mass is 32.1. The Bertz CT molecular complexity index is 701. The van der Waals surface area contributed by atoms with Crippen molar-refractivity contribution >= 4 is 39.7 Å². The fourth-order valence-corrected chi connectivity index (χ4v) is 2.66. The summed E-state index contributed by atoms with van der Waals surface area (Å²) in [4.78, 5) is 26.8. The predicted molar refractivity (Wildman–Crippen MR) is 76.2 cm³/mol. The molecule has 6 nitrogen and oxygen atoms in total.